The van der Waals surface area contributed by atoms with E-state index in [1.54, 1.807) is 0 Å². The van der Waals surface area contributed by atoms with Crippen molar-refractivity contribution >= 4 is 11.9 Å². The molecule has 1 heterocycles. The lowest BCUT2D eigenvalue weighted by Crippen LogP contribution is -2.15. The summed E-state index contributed by atoms with van der Waals surface area (Å²) in [4.78, 5) is 14.6. The zero-order valence-corrected chi connectivity index (χ0v) is 12.5. The molecule has 20 heavy (non-hydrogen) atoms. The van der Waals surface area contributed by atoms with Crippen LogP contribution in [0.2, 0.25) is 0 Å². The molecule has 5 heteroatoms. The normalized spacial score (nSPS) is 10.8. The average Bonchev–Trinajstić information content (AvgIpc) is 2.37. The molecule has 2 N–H and O–H groups in total. The van der Waals surface area contributed by atoms with E-state index in [9.17, 15) is 0 Å². The lowest BCUT2D eigenvalue weighted by Gasteiger charge is -2.12. The van der Waals surface area contributed by atoms with Gasteiger partial charge >= 0.3 is 0 Å². The van der Waals surface area contributed by atoms with E-state index in [1.807, 2.05) is 31.1 Å². The second-order valence-corrected chi connectivity index (χ2v) is 5.51. The summed E-state index contributed by atoms with van der Waals surface area (Å²) < 4.78 is 0. The van der Waals surface area contributed by atoms with Gasteiger partial charge in [0, 0.05) is 19.7 Å². The van der Waals surface area contributed by atoms with Crippen LogP contribution in [0.4, 0.5) is 11.9 Å². The van der Waals surface area contributed by atoms with Crippen molar-refractivity contribution in [1.82, 2.24) is 15.0 Å². The minimum absolute atomic E-state index is 0.243. The molecule has 0 aliphatic rings. The van der Waals surface area contributed by atoms with Crippen molar-refractivity contribution in [1.29, 1.82) is 0 Å². The summed E-state index contributed by atoms with van der Waals surface area (Å²) >= 11 is 0. The fraction of sp³-hybridized carbons (Fsp3) is 0.400. The van der Waals surface area contributed by atoms with E-state index in [0.717, 1.165) is 12.0 Å². The summed E-state index contributed by atoms with van der Waals surface area (Å²) in [6.45, 7) is 4.41. The van der Waals surface area contributed by atoms with Crippen molar-refractivity contribution in [3.8, 4) is 11.4 Å². The molecule has 0 aliphatic carbocycles. The highest BCUT2D eigenvalue weighted by molar-refractivity contribution is 5.58. The van der Waals surface area contributed by atoms with E-state index in [1.165, 1.54) is 5.56 Å². The fourth-order valence-electron chi connectivity index (χ4n) is 2.02. The number of aromatic nitrogens is 3. The number of benzene rings is 1. The van der Waals surface area contributed by atoms with Crippen molar-refractivity contribution in [3.05, 3.63) is 29.8 Å². The monoisotopic (exact) mass is 271 g/mol. The van der Waals surface area contributed by atoms with Crippen LogP contribution in [0.5, 0.6) is 0 Å². The third kappa shape index (κ3) is 3.44. The minimum Gasteiger partial charge on any atom is -0.368 e. The minimum atomic E-state index is 0.243. The maximum Gasteiger partial charge on any atom is 0.230 e. The van der Waals surface area contributed by atoms with Crippen molar-refractivity contribution in [2.24, 2.45) is 5.92 Å². The van der Waals surface area contributed by atoms with Crippen LogP contribution in [0.15, 0.2) is 24.3 Å². The Hall–Kier alpha value is -2.17. The summed E-state index contributed by atoms with van der Waals surface area (Å²) in [5.74, 6) is 2.05. The lowest BCUT2D eigenvalue weighted by molar-refractivity contribution is 0.647. The Morgan fingerprint density at radius 3 is 2.55 bits per heavy atom. The number of hydrogen-bond donors (Lipinski definition) is 1. The summed E-state index contributed by atoms with van der Waals surface area (Å²) in [6, 6.07) is 8.27. The van der Waals surface area contributed by atoms with E-state index < -0.39 is 0 Å². The Labute approximate surface area is 119 Å². The van der Waals surface area contributed by atoms with Crippen LogP contribution < -0.4 is 10.6 Å². The molecule has 2 rings (SSSR count). The highest BCUT2D eigenvalue weighted by Crippen LogP contribution is 2.20. The zero-order valence-electron chi connectivity index (χ0n) is 12.5. The Morgan fingerprint density at radius 2 is 1.90 bits per heavy atom. The predicted octanol–water partition coefficient (Wildman–Crippen LogP) is 2.39. The maximum atomic E-state index is 5.76. The van der Waals surface area contributed by atoms with Crippen LogP contribution in [-0.2, 0) is 6.42 Å². The van der Waals surface area contributed by atoms with Crippen LogP contribution in [0.3, 0.4) is 0 Å². The topological polar surface area (TPSA) is 67.9 Å². The molecule has 2 aromatic rings. The first-order valence-corrected chi connectivity index (χ1v) is 6.74. The molecule has 1 aromatic heterocycles. The molecule has 0 saturated heterocycles. The van der Waals surface area contributed by atoms with Gasteiger partial charge in [-0.05, 0) is 24.0 Å². The highest BCUT2D eigenvalue weighted by atomic mass is 15.3. The first-order valence-electron chi connectivity index (χ1n) is 6.74. The van der Waals surface area contributed by atoms with Crippen molar-refractivity contribution < 1.29 is 0 Å². The van der Waals surface area contributed by atoms with Crippen molar-refractivity contribution in [3.63, 3.8) is 0 Å². The standard InChI is InChI=1S/C15H21N5/c1-10(2)8-11-6-5-7-12(9-11)13-17-14(16)19-15(18-13)20(3)4/h5-7,9-10H,8H2,1-4H3,(H2,16,17,18,19). The van der Waals surface area contributed by atoms with Gasteiger partial charge in [0.1, 0.15) is 0 Å². The van der Waals surface area contributed by atoms with Gasteiger partial charge in [-0.15, -0.1) is 0 Å². The van der Waals surface area contributed by atoms with Gasteiger partial charge in [-0.1, -0.05) is 32.0 Å². The number of anilines is 2. The first kappa shape index (κ1) is 14.2. The van der Waals surface area contributed by atoms with Gasteiger partial charge in [-0.2, -0.15) is 15.0 Å². The third-order valence-electron chi connectivity index (χ3n) is 2.87. The second-order valence-electron chi connectivity index (χ2n) is 5.51. The Kier molecular flexibility index (Phi) is 4.17. The van der Waals surface area contributed by atoms with Gasteiger partial charge in [0.15, 0.2) is 5.82 Å². The molecule has 1 aromatic carbocycles. The zero-order chi connectivity index (χ0) is 14.7. The van der Waals surface area contributed by atoms with Gasteiger partial charge in [0.25, 0.3) is 0 Å². The van der Waals surface area contributed by atoms with E-state index >= 15 is 0 Å². The van der Waals surface area contributed by atoms with E-state index in [4.69, 9.17) is 5.73 Å². The fourth-order valence-corrected chi connectivity index (χ4v) is 2.02. The second kappa shape index (κ2) is 5.86. The maximum absolute atomic E-state index is 5.76. The molecular formula is C15H21N5. The lowest BCUT2D eigenvalue weighted by atomic mass is 10.0. The van der Waals surface area contributed by atoms with Crippen LogP contribution in [0, 0.1) is 5.92 Å². The number of nitrogens with two attached hydrogens (primary N) is 1. The molecule has 0 amide bonds. The van der Waals surface area contributed by atoms with Gasteiger partial charge in [0.05, 0.1) is 0 Å². The van der Waals surface area contributed by atoms with Crippen LogP contribution in [-0.4, -0.2) is 29.0 Å². The third-order valence-corrected chi connectivity index (χ3v) is 2.87. The first-order chi connectivity index (χ1) is 9.45. The molecule has 0 unspecified atom stereocenters. The largest absolute Gasteiger partial charge is 0.368 e. The van der Waals surface area contributed by atoms with E-state index in [-0.39, 0.29) is 5.95 Å². The molecule has 5 nitrogen and oxygen atoms in total. The summed E-state index contributed by atoms with van der Waals surface area (Å²) in [5.41, 5.74) is 8.02. The Morgan fingerprint density at radius 1 is 1.15 bits per heavy atom. The van der Waals surface area contributed by atoms with Gasteiger partial charge < -0.3 is 10.6 Å². The summed E-state index contributed by atoms with van der Waals surface area (Å²) in [5, 5.41) is 0. The molecule has 0 radical (unpaired) electrons. The van der Waals surface area contributed by atoms with Gasteiger partial charge in [-0.3, -0.25) is 0 Å². The number of nitrogen functional groups attached to an aromatic ring is 1. The smallest absolute Gasteiger partial charge is 0.230 e. The Bertz CT molecular complexity index is 593. The van der Waals surface area contributed by atoms with Crippen LogP contribution >= 0.6 is 0 Å². The highest BCUT2D eigenvalue weighted by Gasteiger charge is 2.09. The molecule has 106 valence electrons. The number of rotatable bonds is 4. The van der Waals surface area contributed by atoms with Crippen molar-refractivity contribution in [2.45, 2.75) is 20.3 Å². The summed E-state index contributed by atoms with van der Waals surface area (Å²) in [6.07, 6.45) is 1.04. The van der Waals surface area contributed by atoms with Gasteiger partial charge in [0.2, 0.25) is 11.9 Å². The van der Waals surface area contributed by atoms with Crippen molar-refractivity contribution in [2.75, 3.05) is 24.7 Å². The molecular weight excluding hydrogens is 250 g/mol. The van der Waals surface area contributed by atoms with Crippen LogP contribution in [0.25, 0.3) is 11.4 Å². The number of hydrogen-bond acceptors (Lipinski definition) is 5. The van der Waals surface area contributed by atoms with E-state index in [2.05, 4.69) is 40.9 Å². The average molecular weight is 271 g/mol. The SMILES string of the molecule is CC(C)Cc1cccc(-c2nc(N)nc(N(C)C)n2)c1. The molecule has 0 saturated carbocycles. The van der Waals surface area contributed by atoms with Gasteiger partial charge in [-0.25, -0.2) is 0 Å². The molecule has 0 spiro atoms. The predicted molar refractivity (Wildman–Crippen MR) is 82.5 cm³/mol. The molecule has 0 bridgehead atoms. The molecule has 0 aliphatic heterocycles. The molecule has 0 atom stereocenters. The number of nitrogens with zero attached hydrogens (tertiary/aromatic N) is 4. The van der Waals surface area contributed by atoms with E-state index in [0.29, 0.717) is 17.7 Å². The summed E-state index contributed by atoms with van der Waals surface area (Å²) in [7, 11) is 3.77. The van der Waals surface area contributed by atoms with Crippen LogP contribution in [0.1, 0.15) is 19.4 Å². The molecule has 0 fully saturated rings. The Balaban J connectivity index is 2.40. The quantitative estimate of drug-likeness (QED) is 0.924.